The predicted molar refractivity (Wildman–Crippen MR) is 74.7 cm³/mol. The smallest absolute Gasteiger partial charge is 0.120 e. The molecule has 0 unspecified atom stereocenters. The lowest BCUT2D eigenvalue weighted by molar-refractivity contribution is -0.00461. The Labute approximate surface area is 119 Å². The second-order valence-electron chi connectivity index (χ2n) is 4.80. The molecule has 2 rings (SSSR count). The van der Waals surface area contributed by atoms with Crippen molar-refractivity contribution >= 4 is 0 Å². The first-order valence-corrected chi connectivity index (χ1v) is 6.67. The fraction of sp³-hybridized carbons (Fsp3) is 0.533. The summed E-state index contributed by atoms with van der Waals surface area (Å²) in [6.07, 6.45) is 0.254. The Morgan fingerprint density at radius 2 is 1.95 bits per heavy atom. The van der Waals surface area contributed by atoms with Crippen molar-refractivity contribution in [2.45, 2.75) is 12.2 Å². The van der Waals surface area contributed by atoms with Gasteiger partial charge < -0.3 is 14.2 Å². The molecule has 0 saturated carbocycles. The number of nitriles is 1. The molecule has 5 heteroatoms. The van der Waals surface area contributed by atoms with E-state index in [1.54, 1.807) is 26.4 Å². The van der Waals surface area contributed by atoms with Crippen LogP contribution in [0.1, 0.15) is 5.56 Å². The third-order valence-electron chi connectivity index (χ3n) is 3.54. The molecule has 1 aliphatic heterocycles. The average molecular weight is 276 g/mol. The van der Waals surface area contributed by atoms with Crippen LogP contribution in [0.4, 0.5) is 0 Å². The van der Waals surface area contributed by atoms with Crippen LogP contribution in [-0.4, -0.2) is 57.6 Å². The monoisotopic (exact) mass is 276 g/mol. The van der Waals surface area contributed by atoms with E-state index in [2.05, 4.69) is 11.0 Å². The molecular weight excluding hydrogens is 256 g/mol. The van der Waals surface area contributed by atoms with Crippen LogP contribution in [0.2, 0.25) is 0 Å². The molecule has 1 aromatic carbocycles. The van der Waals surface area contributed by atoms with Gasteiger partial charge in [-0.15, -0.1) is 0 Å². The van der Waals surface area contributed by atoms with E-state index in [1.165, 1.54) is 0 Å². The largest absolute Gasteiger partial charge is 0.492 e. The van der Waals surface area contributed by atoms with Crippen molar-refractivity contribution in [2.24, 2.45) is 0 Å². The Morgan fingerprint density at radius 3 is 2.55 bits per heavy atom. The van der Waals surface area contributed by atoms with Gasteiger partial charge in [0.2, 0.25) is 0 Å². The normalized spacial score (nSPS) is 22.6. The Bertz CT molecular complexity index is 460. The zero-order chi connectivity index (χ0) is 14.4. The molecule has 0 N–H and O–H groups in total. The number of hydrogen-bond acceptors (Lipinski definition) is 5. The summed E-state index contributed by atoms with van der Waals surface area (Å²) in [5.41, 5.74) is 0.613. The maximum absolute atomic E-state index is 8.83. The molecule has 1 aliphatic rings. The Balaban J connectivity index is 1.78. The van der Waals surface area contributed by atoms with Crippen molar-refractivity contribution in [1.29, 1.82) is 5.26 Å². The average Bonchev–Trinajstić information content (AvgIpc) is 2.90. The van der Waals surface area contributed by atoms with Gasteiger partial charge in [0.05, 0.1) is 23.8 Å². The SMILES string of the molecule is CO[C@H]1CN(CCOc2cccc(C#N)c2)C[C@@H]1OC. The second kappa shape index (κ2) is 7.25. The molecular formula is C15H20N2O3. The zero-order valence-electron chi connectivity index (χ0n) is 11.9. The molecule has 108 valence electrons. The van der Waals surface area contributed by atoms with Gasteiger partial charge in [-0.05, 0) is 18.2 Å². The second-order valence-corrected chi connectivity index (χ2v) is 4.80. The van der Waals surface area contributed by atoms with Crippen LogP contribution in [0, 0.1) is 11.3 Å². The highest BCUT2D eigenvalue weighted by Gasteiger charge is 2.32. The van der Waals surface area contributed by atoms with Crippen molar-refractivity contribution < 1.29 is 14.2 Å². The van der Waals surface area contributed by atoms with Crippen molar-refractivity contribution in [2.75, 3.05) is 40.5 Å². The highest BCUT2D eigenvalue weighted by Crippen LogP contribution is 2.16. The maximum Gasteiger partial charge on any atom is 0.120 e. The molecule has 1 aromatic rings. The van der Waals surface area contributed by atoms with Crippen LogP contribution in [0.5, 0.6) is 5.75 Å². The first-order valence-electron chi connectivity index (χ1n) is 6.67. The molecule has 20 heavy (non-hydrogen) atoms. The molecule has 1 heterocycles. The minimum Gasteiger partial charge on any atom is -0.492 e. The minimum atomic E-state index is 0.127. The van der Waals surface area contributed by atoms with Gasteiger partial charge in [-0.3, -0.25) is 4.90 Å². The number of rotatable bonds is 6. The van der Waals surface area contributed by atoms with Crippen molar-refractivity contribution in [3.8, 4) is 11.8 Å². The number of hydrogen-bond donors (Lipinski definition) is 0. The molecule has 5 nitrogen and oxygen atoms in total. The fourth-order valence-electron chi connectivity index (χ4n) is 2.40. The van der Waals surface area contributed by atoms with Crippen molar-refractivity contribution in [3.63, 3.8) is 0 Å². The summed E-state index contributed by atoms with van der Waals surface area (Å²) in [5.74, 6) is 0.731. The van der Waals surface area contributed by atoms with Gasteiger partial charge in [0, 0.05) is 33.9 Å². The number of likely N-dealkylation sites (tertiary alicyclic amines) is 1. The van der Waals surface area contributed by atoms with E-state index in [-0.39, 0.29) is 12.2 Å². The lowest BCUT2D eigenvalue weighted by Crippen LogP contribution is -2.27. The Kier molecular flexibility index (Phi) is 5.36. The van der Waals surface area contributed by atoms with E-state index < -0.39 is 0 Å². The van der Waals surface area contributed by atoms with Crippen LogP contribution < -0.4 is 4.74 Å². The van der Waals surface area contributed by atoms with Crippen molar-refractivity contribution in [3.05, 3.63) is 29.8 Å². The quantitative estimate of drug-likeness (QED) is 0.783. The molecule has 0 spiro atoms. The van der Waals surface area contributed by atoms with Gasteiger partial charge in [0.25, 0.3) is 0 Å². The highest BCUT2D eigenvalue weighted by molar-refractivity contribution is 5.36. The van der Waals surface area contributed by atoms with Gasteiger partial charge in [-0.25, -0.2) is 0 Å². The van der Waals surface area contributed by atoms with Gasteiger partial charge in [-0.2, -0.15) is 5.26 Å². The molecule has 2 atom stereocenters. The molecule has 0 radical (unpaired) electrons. The number of nitrogens with zero attached hydrogens (tertiary/aromatic N) is 2. The number of benzene rings is 1. The molecule has 0 amide bonds. The van der Waals surface area contributed by atoms with Gasteiger partial charge in [0.1, 0.15) is 12.4 Å². The third kappa shape index (κ3) is 3.70. The first-order chi connectivity index (χ1) is 9.76. The van der Waals surface area contributed by atoms with Crippen LogP contribution in [0.15, 0.2) is 24.3 Å². The molecule has 1 fully saturated rings. The van der Waals surface area contributed by atoms with Gasteiger partial charge in [-0.1, -0.05) is 6.07 Å². The third-order valence-corrected chi connectivity index (χ3v) is 3.54. The lowest BCUT2D eigenvalue weighted by Gasteiger charge is -2.15. The van der Waals surface area contributed by atoms with Crippen LogP contribution in [0.25, 0.3) is 0 Å². The maximum atomic E-state index is 8.83. The summed E-state index contributed by atoms with van der Waals surface area (Å²) in [6, 6.07) is 9.30. The summed E-state index contributed by atoms with van der Waals surface area (Å²) in [5, 5.41) is 8.83. The van der Waals surface area contributed by atoms with Crippen LogP contribution in [-0.2, 0) is 9.47 Å². The van der Waals surface area contributed by atoms with Gasteiger partial charge in [0.15, 0.2) is 0 Å². The molecule has 0 bridgehead atoms. The number of methoxy groups -OCH3 is 2. The van der Waals surface area contributed by atoms with E-state index in [0.29, 0.717) is 12.2 Å². The summed E-state index contributed by atoms with van der Waals surface area (Å²) in [6.45, 7) is 3.12. The summed E-state index contributed by atoms with van der Waals surface area (Å²) < 4.78 is 16.5. The molecule has 1 saturated heterocycles. The van der Waals surface area contributed by atoms with E-state index in [4.69, 9.17) is 19.5 Å². The van der Waals surface area contributed by atoms with Crippen LogP contribution in [0.3, 0.4) is 0 Å². The van der Waals surface area contributed by atoms with E-state index in [9.17, 15) is 0 Å². The predicted octanol–water partition coefficient (Wildman–Crippen LogP) is 1.28. The van der Waals surface area contributed by atoms with Crippen LogP contribution >= 0.6 is 0 Å². The van der Waals surface area contributed by atoms with Crippen molar-refractivity contribution in [1.82, 2.24) is 4.90 Å². The number of ether oxygens (including phenoxy) is 3. The minimum absolute atomic E-state index is 0.127. The highest BCUT2D eigenvalue weighted by atomic mass is 16.5. The van der Waals surface area contributed by atoms with E-state index >= 15 is 0 Å². The summed E-state index contributed by atoms with van der Waals surface area (Å²) in [4.78, 5) is 2.26. The lowest BCUT2D eigenvalue weighted by atomic mass is 10.2. The molecule has 0 aromatic heterocycles. The van der Waals surface area contributed by atoms with E-state index in [1.807, 2.05) is 12.1 Å². The Hall–Kier alpha value is -1.61. The van der Waals surface area contributed by atoms with Gasteiger partial charge >= 0.3 is 0 Å². The Morgan fingerprint density at radius 1 is 1.25 bits per heavy atom. The molecule has 0 aliphatic carbocycles. The topological polar surface area (TPSA) is 54.7 Å². The zero-order valence-corrected chi connectivity index (χ0v) is 11.9. The van der Waals surface area contributed by atoms with E-state index in [0.717, 1.165) is 25.4 Å². The fourth-order valence-corrected chi connectivity index (χ4v) is 2.40. The first kappa shape index (κ1) is 14.8. The summed E-state index contributed by atoms with van der Waals surface area (Å²) in [7, 11) is 3.42. The summed E-state index contributed by atoms with van der Waals surface area (Å²) >= 11 is 0. The standard InChI is InChI=1S/C15H20N2O3/c1-18-14-10-17(11-15(14)19-2)6-7-20-13-5-3-4-12(8-13)9-16/h3-5,8,14-15H,6-7,10-11H2,1-2H3/t14-,15-/m0/s1.